The van der Waals surface area contributed by atoms with Crippen molar-refractivity contribution < 1.29 is 9.72 Å². The number of halogens is 1. The third-order valence-electron chi connectivity index (χ3n) is 3.56. The molecular weight excluding hydrogens is 282 g/mol. The predicted octanol–water partition coefficient (Wildman–Crippen LogP) is 1.75. The summed E-state index contributed by atoms with van der Waals surface area (Å²) in [4.78, 5) is 24.6. The van der Waals surface area contributed by atoms with Crippen LogP contribution in [0.1, 0.15) is 22.3 Å². The minimum absolute atomic E-state index is 0. The summed E-state index contributed by atoms with van der Waals surface area (Å²) in [6, 6.07) is 4.83. The Morgan fingerprint density at radius 3 is 2.80 bits per heavy atom. The number of aryl methyl sites for hydroxylation is 1. The Morgan fingerprint density at radius 1 is 1.55 bits per heavy atom. The predicted molar refractivity (Wildman–Crippen MR) is 78.1 cm³/mol. The van der Waals surface area contributed by atoms with E-state index in [1.54, 1.807) is 24.0 Å². The van der Waals surface area contributed by atoms with Crippen molar-refractivity contribution in [3.63, 3.8) is 0 Å². The zero-order chi connectivity index (χ0) is 14.0. The first kappa shape index (κ1) is 16.4. The number of para-hydroxylation sites is 1. The number of nitrogens with two attached hydrogens (primary N) is 1. The minimum Gasteiger partial charge on any atom is -0.338 e. The van der Waals surface area contributed by atoms with E-state index in [2.05, 4.69) is 0 Å². The minimum atomic E-state index is -0.487. The van der Waals surface area contributed by atoms with Gasteiger partial charge in [-0.05, 0) is 31.9 Å². The number of nitro benzene ring substituents is 1. The summed E-state index contributed by atoms with van der Waals surface area (Å²) in [7, 11) is 0. The first-order chi connectivity index (χ1) is 9.04. The summed E-state index contributed by atoms with van der Waals surface area (Å²) in [5, 5.41) is 11.1. The Kier molecular flexibility index (Phi) is 5.47. The van der Waals surface area contributed by atoms with Gasteiger partial charge in [-0.1, -0.05) is 12.1 Å². The molecule has 1 unspecified atom stereocenters. The monoisotopic (exact) mass is 299 g/mol. The molecule has 20 heavy (non-hydrogen) atoms. The van der Waals surface area contributed by atoms with Crippen LogP contribution in [0.4, 0.5) is 5.69 Å². The van der Waals surface area contributed by atoms with Crippen molar-refractivity contribution in [2.75, 3.05) is 19.6 Å². The summed E-state index contributed by atoms with van der Waals surface area (Å²) < 4.78 is 0. The number of nitrogens with zero attached hydrogens (tertiary/aromatic N) is 2. The Balaban J connectivity index is 0.00000200. The lowest BCUT2D eigenvalue weighted by Crippen LogP contribution is -2.30. The molecule has 1 amide bonds. The molecule has 1 aromatic rings. The van der Waals surface area contributed by atoms with Crippen LogP contribution >= 0.6 is 12.4 Å². The normalized spacial score (nSPS) is 17.7. The molecule has 2 rings (SSSR count). The van der Waals surface area contributed by atoms with E-state index in [0.717, 1.165) is 6.42 Å². The fourth-order valence-electron chi connectivity index (χ4n) is 2.45. The van der Waals surface area contributed by atoms with E-state index in [-0.39, 0.29) is 29.6 Å². The second kappa shape index (κ2) is 6.67. The Morgan fingerprint density at radius 2 is 2.25 bits per heavy atom. The van der Waals surface area contributed by atoms with Crippen LogP contribution in [0.15, 0.2) is 18.2 Å². The molecule has 7 heteroatoms. The number of likely N-dealkylation sites (tertiary alicyclic amines) is 1. The van der Waals surface area contributed by atoms with Crippen LogP contribution in [0.5, 0.6) is 0 Å². The van der Waals surface area contributed by atoms with Crippen LogP contribution in [0.2, 0.25) is 0 Å². The van der Waals surface area contributed by atoms with Crippen molar-refractivity contribution in [2.45, 2.75) is 13.3 Å². The van der Waals surface area contributed by atoms with Gasteiger partial charge in [-0.3, -0.25) is 14.9 Å². The van der Waals surface area contributed by atoms with Gasteiger partial charge in [0.2, 0.25) is 0 Å². The van der Waals surface area contributed by atoms with Crippen LogP contribution in [0, 0.1) is 23.0 Å². The van der Waals surface area contributed by atoms with Gasteiger partial charge in [0.05, 0.1) is 4.92 Å². The van der Waals surface area contributed by atoms with Crippen LogP contribution in [-0.2, 0) is 0 Å². The van der Waals surface area contributed by atoms with Crippen molar-refractivity contribution in [2.24, 2.45) is 11.7 Å². The van der Waals surface area contributed by atoms with Gasteiger partial charge < -0.3 is 10.6 Å². The zero-order valence-electron chi connectivity index (χ0n) is 11.2. The Labute approximate surface area is 123 Å². The molecular formula is C13H18ClN3O3. The number of rotatable bonds is 3. The summed E-state index contributed by atoms with van der Waals surface area (Å²) >= 11 is 0. The highest BCUT2D eigenvalue weighted by molar-refractivity contribution is 5.98. The number of carbonyl (C=O) groups excluding carboxylic acids is 1. The first-order valence-corrected chi connectivity index (χ1v) is 6.28. The molecule has 0 aromatic heterocycles. The summed E-state index contributed by atoms with van der Waals surface area (Å²) in [5.74, 6) is 0.0270. The standard InChI is InChI=1S/C13H17N3O3.ClH/c1-9-3-2-4-11(12(9)16(18)19)13(17)15-6-5-10(7-14)8-15;/h2-4,10H,5-8,14H2,1H3;1H. The average molecular weight is 300 g/mol. The second-order valence-electron chi connectivity index (χ2n) is 4.87. The van der Waals surface area contributed by atoms with E-state index in [0.29, 0.717) is 31.1 Å². The molecule has 1 heterocycles. The van der Waals surface area contributed by atoms with Crippen LogP contribution in [-0.4, -0.2) is 35.4 Å². The second-order valence-corrected chi connectivity index (χ2v) is 4.87. The van der Waals surface area contributed by atoms with Gasteiger partial charge >= 0.3 is 0 Å². The maximum Gasteiger partial charge on any atom is 0.285 e. The zero-order valence-corrected chi connectivity index (χ0v) is 12.1. The molecule has 1 saturated heterocycles. The number of benzene rings is 1. The molecule has 1 fully saturated rings. The van der Waals surface area contributed by atoms with Gasteiger partial charge in [0.25, 0.3) is 11.6 Å². The van der Waals surface area contributed by atoms with Crippen molar-refractivity contribution in [1.82, 2.24) is 4.90 Å². The average Bonchev–Trinajstić information content (AvgIpc) is 2.85. The lowest BCUT2D eigenvalue weighted by molar-refractivity contribution is -0.385. The Hall–Kier alpha value is -1.66. The number of hydrogen-bond acceptors (Lipinski definition) is 4. The number of hydrogen-bond donors (Lipinski definition) is 1. The number of nitro groups is 1. The quantitative estimate of drug-likeness (QED) is 0.680. The van der Waals surface area contributed by atoms with Gasteiger partial charge in [-0.15, -0.1) is 12.4 Å². The van der Waals surface area contributed by atoms with Crippen molar-refractivity contribution in [1.29, 1.82) is 0 Å². The molecule has 0 aliphatic carbocycles. The van der Waals surface area contributed by atoms with E-state index in [9.17, 15) is 14.9 Å². The molecule has 1 aliphatic rings. The first-order valence-electron chi connectivity index (χ1n) is 6.28. The maximum absolute atomic E-state index is 12.4. The molecule has 0 spiro atoms. The van der Waals surface area contributed by atoms with Crippen LogP contribution in [0.3, 0.4) is 0 Å². The highest BCUT2D eigenvalue weighted by atomic mass is 35.5. The Bertz CT molecular complexity index is 522. The summed E-state index contributed by atoms with van der Waals surface area (Å²) in [6.45, 7) is 3.38. The van der Waals surface area contributed by atoms with Gasteiger partial charge in [-0.25, -0.2) is 0 Å². The smallest absolute Gasteiger partial charge is 0.285 e. The SMILES string of the molecule is Cc1cccc(C(=O)N2CCC(CN)C2)c1[N+](=O)[O-].Cl. The highest BCUT2D eigenvalue weighted by Crippen LogP contribution is 2.26. The van der Waals surface area contributed by atoms with Gasteiger partial charge in [0, 0.05) is 18.7 Å². The third-order valence-corrected chi connectivity index (χ3v) is 3.56. The number of amides is 1. The number of carbonyl (C=O) groups is 1. The molecule has 6 nitrogen and oxygen atoms in total. The molecule has 1 atom stereocenters. The fraction of sp³-hybridized carbons (Fsp3) is 0.462. The largest absolute Gasteiger partial charge is 0.338 e. The van der Waals surface area contributed by atoms with E-state index >= 15 is 0 Å². The van der Waals surface area contributed by atoms with Gasteiger partial charge in [-0.2, -0.15) is 0 Å². The molecule has 0 radical (unpaired) electrons. The fourth-order valence-corrected chi connectivity index (χ4v) is 2.45. The molecule has 110 valence electrons. The maximum atomic E-state index is 12.4. The molecule has 1 aliphatic heterocycles. The topological polar surface area (TPSA) is 89.5 Å². The van der Waals surface area contributed by atoms with E-state index in [1.807, 2.05) is 0 Å². The van der Waals surface area contributed by atoms with Crippen molar-refractivity contribution in [3.05, 3.63) is 39.4 Å². The van der Waals surface area contributed by atoms with Crippen molar-refractivity contribution >= 4 is 24.0 Å². The van der Waals surface area contributed by atoms with Gasteiger partial charge in [0.15, 0.2) is 0 Å². The molecule has 2 N–H and O–H groups in total. The lowest BCUT2D eigenvalue weighted by Gasteiger charge is -2.16. The van der Waals surface area contributed by atoms with E-state index < -0.39 is 4.92 Å². The van der Waals surface area contributed by atoms with Crippen LogP contribution in [0.25, 0.3) is 0 Å². The molecule has 1 aromatic carbocycles. The summed E-state index contributed by atoms with van der Waals surface area (Å²) in [6.07, 6.45) is 0.863. The van der Waals surface area contributed by atoms with Gasteiger partial charge in [0.1, 0.15) is 5.56 Å². The van der Waals surface area contributed by atoms with E-state index in [4.69, 9.17) is 5.73 Å². The summed E-state index contributed by atoms with van der Waals surface area (Å²) in [5.41, 5.74) is 6.17. The molecule has 0 saturated carbocycles. The third kappa shape index (κ3) is 3.08. The van der Waals surface area contributed by atoms with E-state index in [1.165, 1.54) is 6.07 Å². The lowest BCUT2D eigenvalue weighted by atomic mass is 10.1. The highest BCUT2D eigenvalue weighted by Gasteiger charge is 2.30. The molecule has 0 bridgehead atoms. The van der Waals surface area contributed by atoms with Crippen molar-refractivity contribution in [3.8, 4) is 0 Å². The van der Waals surface area contributed by atoms with Crippen LogP contribution < -0.4 is 5.73 Å².